The second-order valence-corrected chi connectivity index (χ2v) is 2.76. The lowest BCUT2D eigenvalue weighted by Crippen LogP contribution is -2.16. The molecule has 0 aliphatic heterocycles. The van der Waals surface area contributed by atoms with Crippen molar-refractivity contribution < 1.29 is 22.3 Å². The molecule has 0 saturated carbocycles. The van der Waals surface area contributed by atoms with Gasteiger partial charge in [-0.05, 0) is 6.42 Å². The van der Waals surface area contributed by atoms with E-state index in [1.54, 1.807) is 0 Å². The van der Waals surface area contributed by atoms with Crippen LogP contribution in [0.25, 0.3) is 0 Å². The van der Waals surface area contributed by atoms with E-state index < -0.39 is 16.6 Å². The lowest BCUT2D eigenvalue weighted by molar-refractivity contribution is 0.178. The van der Waals surface area contributed by atoms with Crippen molar-refractivity contribution in [2.24, 2.45) is 5.73 Å². The first kappa shape index (κ1) is 13.4. The summed E-state index contributed by atoms with van der Waals surface area (Å²) in [5, 5.41) is 8.14. The Balaban J connectivity index is 0. The summed E-state index contributed by atoms with van der Waals surface area (Å²) in [6.07, 6.45) is 0.0231. The third-order valence-corrected chi connectivity index (χ3v) is 1.05. The maximum atomic E-state index is 9.33. The summed E-state index contributed by atoms with van der Waals surface area (Å²) in [6, 6.07) is 0. The summed E-state index contributed by atoms with van der Waals surface area (Å²) >= 11 is 0. The van der Waals surface area contributed by atoms with Crippen molar-refractivity contribution in [1.82, 2.24) is 0 Å². The fourth-order valence-corrected chi connectivity index (χ4v) is 0. The van der Waals surface area contributed by atoms with Crippen molar-refractivity contribution in [2.45, 2.75) is 19.6 Å². The van der Waals surface area contributed by atoms with E-state index in [0.29, 0.717) is 6.42 Å². The average Bonchev–Trinajstić information content (AvgIpc) is 1.88. The maximum absolute atomic E-state index is 9.33. The Labute approximate surface area is 65.9 Å². The van der Waals surface area contributed by atoms with Crippen LogP contribution in [0.3, 0.4) is 0 Å². The highest BCUT2D eigenvalue weighted by Gasteiger charge is 1.94. The molecule has 7 heteroatoms. The largest absolute Gasteiger partial charge is 0.397 e. The number of aliphatic hydroxyl groups excluding tert-OH is 1. The molecule has 0 amide bonds. The Morgan fingerprint density at radius 3 is 1.82 bits per heavy atom. The van der Waals surface area contributed by atoms with Gasteiger partial charge in [0.05, 0.1) is 7.11 Å². The van der Waals surface area contributed by atoms with Gasteiger partial charge in [-0.25, -0.2) is 0 Å². The standard InChI is InChI=1S/C3H9NO.CH4O4S/c1-2-3(4)5;1-5-6(2,3)4/h3,5H,2,4H2,1H3;1H3,(H,2,3,4). The third-order valence-electron chi connectivity index (χ3n) is 0.629. The van der Waals surface area contributed by atoms with Gasteiger partial charge in [0, 0.05) is 0 Å². The van der Waals surface area contributed by atoms with Crippen molar-refractivity contribution >= 4 is 10.4 Å². The van der Waals surface area contributed by atoms with E-state index in [2.05, 4.69) is 4.18 Å². The third kappa shape index (κ3) is 25.9. The van der Waals surface area contributed by atoms with Gasteiger partial charge >= 0.3 is 10.4 Å². The van der Waals surface area contributed by atoms with Crippen LogP contribution >= 0.6 is 0 Å². The zero-order chi connectivity index (χ0) is 9.49. The maximum Gasteiger partial charge on any atom is 0.397 e. The van der Waals surface area contributed by atoms with E-state index in [1.165, 1.54) is 0 Å². The van der Waals surface area contributed by atoms with Crippen LogP contribution in [0.2, 0.25) is 0 Å². The molecule has 1 unspecified atom stereocenters. The van der Waals surface area contributed by atoms with Crippen molar-refractivity contribution in [3.05, 3.63) is 0 Å². The predicted octanol–water partition coefficient (Wildman–Crippen LogP) is -0.891. The fraction of sp³-hybridized carbons (Fsp3) is 1.00. The lowest BCUT2D eigenvalue weighted by Gasteiger charge is -1.91. The monoisotopic (exact) mass is 187 g/mol. The Kier molecular flexibility index (Phi) is 7.91. The van der Waals surface area contributed by atoms with Crippen LogP contribution in [0.5, 0.6) is 0 Å². The normalized spacial score (nSPS) is 13.2. The van der Waals surface area contributed by atoms with Gasteiger partial charge in [0.2, 0.25) is 0 Å². The smallest absolute Gasteiger partial charge is 0.379 e. The van der Waals surface area contributed by atoms with Gasteiger partial charge < -0.3 is 10.8 Å². The Hall–Kier alpha value is -0.210. The van der Waals surface area contributed by atoms with Crippen LogP contribution in [0, 0.1) is 0 Å². The molecule has 0 rings (SSSR count). The Bertz CT molecular complexity index is 163. The van der Waals surface area contributed by atoms with Crippen molar-refractivity contribution in [1.29, 1.82) is 0 Å². The van der Waals surface area contributed by atoms with Crippen LogP contribution in [0.15, 0.2) is 0 Å². The topological polar surface area (TPSA) is 110 Å². The molecule has 0 bridgehead atoms. The molecular formula is C4H13NO5S. The molecule has 0 aromatic rings. The molecular weight excluding hydrogens is 174 g/mol. The summed E-state index contributed by atoms with van der Waals surface area (Å²) < 4.78 is 29.7. The van der Waals surface area contributed by atoms with Gasteiger partial charge in [0.25, 0.3) is 0 Å². The fourth-order valence-electron chi connectivity index (χ4n) is 0. The molecule has 1 atom stereocenters. The van der Waals surface area contributed by atoms with Crippen molar-refractivity contribution in [3.63, 3.8) is 0 Å². The molecule has 0 aromatic heterocycles. The van der Waals surface area contributed by atoms with Gasteiger partial charge in [0.15, 0.2) is 0 Å². The molecule has 0 heterocycles. The van der Waals surface area contributed by atoms with E-state index in [0.717, 1.165) is 7.11 Å². The first-order valence-electron chi connectivity index (χ1n) is 2.80. The van der Waals surface area contributed by atoms with Crippen LogP contribution in [-0.2, 0) is 14.6 Å². The summed E-state index contributed by atoms with van der Waals surface area (Å²) in [7, 11) is -3.29. The highest BCUT2D eigenvalue weighted by Crippen LogP contribution is 1.75. The highest BCUT2D eigenvalue weighted by molar-refractivity contribution is 7.80. The van der Waals surface area contributed by atoms with Crippen LogP contribution in [0.4, 0.5) is 0 Å². The minimum atomic E-state index is -4.16. The predicted molar refractivity (Wildman–Crippen MR) is 39.0 cm³/mol. The molecule has 11 heavy (non-hydrogen) atoms. The first-order chi connectivity index (χ1) is 4.83. The average molecular weight is 187 g/mol. The van der Waals surface area contributed by atoms with Gasteiger partial charge in [-0.15, -0.1) is 0 Å². The second-order valence-electron chi connectivity index (χ2n) is 1.57. The van der Waals surface area contributed by atoms with Gasteiger partial charge in [-0.2, -0.15) is 8.42 Å². The van der Waals surface area contributed by atoms with Gasteiger partial charge in [0.1, 0.15) is 6.23 Å². The number of hydrogen-bond donors (Lipinski definition) is 3. The van der Waals surface area contributed by atoms with E-state index in [4.69, 9.17) is 15.4 Å². The van der Waals surface area contributed by atoms with E-state index in [9.17, 15) is 8.42 Å². The lowest BCUT2D eigenvalue weighted by atomic mass is 10.5. The highest BCUT2D eigenvalue weighted by atomic mass is 32.3. The van der Waals surface area contributed by atoms with Crippen LogP contribution < -0.4 is 5.73 Å². The minimum absolute atomic E-state index is 0.616. The van der Waals surface area contributed by atoms with Crippen molar-refractivity contribution in [2.75, 3.05) is 7.11 Å². The second kappa shape index (κ2) is 6.50. The summed E-state index contributed by atoms with van der Waals surface area (Å²) in [5.41, 5.74) is 4.85. The summed E-state index contributed by atoms with van der Waals surface area (Å²) in [5.74, 6) is 0. The number of aliphatic hydroxyl groups is 1. The summed E-state index contributed by atoms with van der Waals surface area (Å²) in [4.78, 5) is 0. The van der Waals surface area contributed by atoms with Crippen molar-refractivity contribution in [3.8, 4) is 0 Å². The molecule has 0 spiro atoms. The van der Waals surface area contributed by atoms with E-state index in [-0.39, 0.29) is 0 Å². The molecule has 0 aromatic carbocycles. The molecule has 0 saturated heterocycles. The molecule has 0 fully saturated rings. The number of hydrogen-bond acceptors (Lipinski definition) is 5. The summed E-state index contributed by atoms with van der Waals surface area (Å²) in [6.45, 7) is 1.82. The molecule has 70 valence electrons. The Morgan fingerprint density at radius 1 is 1.64 bits per heavy atom. The van der Waals surface area contributed by atoms with Gasteiger partial charge in [-0.1, -0.05) is 6.92 Å². The van der Waals surface area contributed by atoms with E-state index in [1.807, 2.05) is 6.92 Å². The molecule has 0 radical (unpaired) electrons. The molecule has 0 aliphatic carbocycles. The van der Waals surface area contributed by atoms with E-state index >= 15 is 0 Å². The first-order valence-corrected chi connectivity index (χ1v) is 4.16. The number of rotatable bonds is 2. The molecule has 4 N–H and O–H groups in total. The molecule has 6 nitrogen and oxygen atoms in total. The minimum Gasteiger partial charge on any atom is -0.379 e. The molecule has 0 aliphatic rings. The quantitative estimate of drug-likeness (QED) is 0.382. The number of nitrogens with two attached hydrogens (primary N) is 1. The SMILES string of the molecule is CCC(N)O.COS(=O)(=O)O. The zero-order valence-corrected chi connectivity index (χ0v) is 7.21. The van der Waals surface area contributed by atoms with Gasteiger partial charge in [-0.3, -0.25) is 8.74 Å². The zero-order valence-electron chi connectivity index (χ0n) is 6.39. The van der Waals surface area contributed by atoms with Crippen LogP contribution in [-0.4, -0.2) is 31.4 Å². The van der Waals surface area contributed by atoms with Crippen LogP contribution in [0.1, 0.15) is 13.3 Å². The Morgan fingerprint density at radius 2 is 1.82 bits per heavy atom.